The number of methoxy groups -OCH3 is 1. The summed E-state index contributed by atoms with van der Waals surface area (Å²) in [6.07, 6.45) is 6.20. The zero-order valence-corrected chi connectivity index (χ0v) is 25.1. The highest BCUT2D eigenvalue weighted by atomic mass is 16.5. The van der Waals surface area contributed by atoms with Crippen LogP contribution in [0.25, 0.3) is 11.3 Å². The lowest BCUT2D eigenvalue weighted by molar-refractivity contribution is -0.115. The number of ether oxygens (including phenoxy) is 1. The van der Waals surface area contributed by atoms with Gasteiger partial charge >= 0.3 is 0 Å². The molecule has 0 spiro atoms. The smallest absolute Gasteiger partial charge is 0.228 e. The van der Waals surface area contributed by atoms with Gasteiger partial charge in [-0.2, -0.15) is 0 Å². The number of aromatic nitrogens is 2. The molecule has 218 valence electrons. The van der Waals surface area contributed by atoms with Crippen LogP contribution in [-0.2, 0) is 24.1 Å². The Morgan fingerprint density at radius 3 is 2.60 bits per heavy atom. The van der Waals surface area contributed by atoms with Gasteiger partial charge in [0.25, 0.3) is 0 Å². The summed E-state index contributed by atoms with van der Waals surface area (Å²) in [5.41, 5.74) is 8.73. The first-order valence-electron chi connectivity index (χ1n) is 14.8. The number of fused-ring (bicyclic) bond motifs is 3. The zero-order valence-electron chi connectivity index (χ0n) is 25.1. The second-order valence-electron chi connectivity index (χ2n) is 11.2. The number of benzene rings is 3. The summed E-state index contributed by atoms with van der Waals surface area (Å²) < 4.78 is 5.36. The van der Waals surface area contributed by atoms with E-state index in [2.05, 4.69) is 77.9 Å². The van der Waals surface area contributed by atoms with Crippen LogP contribution in [0.15, 0.2) is 72.9 Å². The summed E-state index contributed by atoms with van der Waals surface area (Å²) in [4.78, 5) is 24.7. The summed E-state index contributed by atoms with van der Waals surface area (Å²) in [6.45, 7) is 4.04. The molecule has 0 saturated carbocycles. The second-order valence-corrected chi connectivity index (χ2v) is 11.2. The Morgan fingerprint density at radius 1 is 1.02 bits per heavy atom. The van der Waals surface area contributed by atoms with Gasteiger partial charge in [-0.1, -0.05) is 49.4 Å². The number of unbranched alkanes of at least 4 members (excludes halogenated alkanes) is 1. The molecule has 2 N–H and O–H groups in total. The minimum Gasteiger partial charge on any atom is -0.497 e. The number of nitrogens with one attached hydrogen (secondary N) is 2. The number of hydrogen-bond acceptors (Lipinski definition) is 6. The molecule has 1 unspecified atom stereocenters. The van der Waals surface area contributed by atoms with E-state index in [1.807, 2.05) is 36.5 Å². The molecular weight excluding hydrogens is 522 g/mol. The second kappa shape index (κ2) is 13.6. The molecule has 7 heteroatoms. The van der Waals surface area contributed by atoms with Crippen molar-refractivity contribution in [2.24, 2.45) is 0 Å². The van der Waals surface area contributed by atoms with Crippen LogP contribution >= 0.6 is 0 Å². The van der Waals surface area contributed by atoms with E-state index in [0.29, 0.717) is 12.4 Å². The SMILES string of the molecule is CCc1ccc(OC)cc1CC(=O)Nc1ccc(C2Cc3cnc(NCCCCN(C)C)nc3-c3ccccc32)cc1. The van der Waals surface area contributed by atoms with Crippen molar-refractivity contribution in [3.63, 3.8) is 0 Å². The molecule has 42 heavy (non-hydrogen) atoms. The Hall–Kier alpha value is -4.23. The summed E-state index contributed by atoms with van der Waals surface area (Å²) >= 11 is 0. The Morgan fingerprint density at radius 2 is 1.83 bits per heavy atom. The topological polar surface area (TPSA) is 79.4 Å². The van der Waals surface area contributed by atoms with E-state index < -0.39 is 0 Å². The van der Waals surface area contributed by atoms with E-state index in [1.54, 1.807) is 7.11 Å². The highest BCUT2D eigenvalue weighted by Gasteiger charge is 2.27. The number of rotatable bonds is 12. The van der Waals surface area contributed by atoms with Crippen molar-refractivity contribution in [1.29, 1.82) is 0 Å². The first kappa shape index (κ1) is 29.3. The van der Waals surface area contributed by atoms with Gasteiger partial charge in [0.05, 0.1) is 19.2 Å². The van der Waals surface area contributed by atoms with Crippen molar-refractivity contribution < 1.29 is 9.53 Å². The van der Waals surface area contributed by atoms with Crippen LogP contribution in [0.4, 0.5) is 11.6 Å². The van der Waals surface area contributed by atoms with Crippen molar-refractivity contribution in [2.45, 2.75) is 44.9 Å². The Bertz CT molecular complexity index is 1520. The molecule has 3 aromatic carbocycles. The van der Waals surface area contributed by atoms with Crippen LogP contribution in [0, 0.1) is 0 Å². The lowest BCUT2D eigenvalue weighted by Crippen LogP contribution is -2.17. The van der Waals surface area contributed by atoms with Gasteiger partial charge in [-0.15, -0.1) is 0 Å². The highest BCUT2D eigenvalue weighted by molar-refractivity contribution is 5.92. The van der Waals surface area contributed by atoms with Crippen LogP contribution in [-0.4, -0.2) is 55.1 Å². The van der Waals surface area contributed by atoms with Gasteiger partial charge < -0.3 is 20.3 Å². The number of aryl methyl sites for hydroxylation is 1. The van der Waals surface area contributed by atoms with E-state index in [4.69, 9.17) is 9.72 Å². The van der Waals surface area contributed by atoms with E-state index in [9.17, 15) is 4.79 Å². The van der Waals surface area contributed by atoms with Gasteiger partial charge in [-0.3, -0.25) is 4.79 Å². The van der Waals surface area contributed by atoms with Crippen LogP contribution in [0.3, 0.4) is 0 Å². The maximum atomic E-state index is 12.9. The summed E-state index contributed by atoms with van der Waals surface area (Å²) in [5.74, 6) is 1.60. The van der Waals surface area contributed by atoms with Crippen molar-refractivity contribution in [3.05, 3.63) is 101 Å². The predicted molar refractivity (Wildman–Crippen MR) is 170 cm³/mol. The number of anilines is 2. The van der Waals surface area contributed by atoms with Gasteiger partial charge in [-0.05, 0) is 98.4 Å². The maximum Gasteiger partial charge on any atom is 0.228 e. The Kier molecular flexibility index (Phi) is 9.49. The first-order chi connectivity index (χ1) is 20.4. The number of hydrogen-bond donors (Lipinski definition) is 2. The monoisotopic (exact) mass is 563 g/mol. The maximum absolute atomic E-state index is 12.9. The van der Waals surface area contributed by atoms with Crippen molar-refractivity contribution in [1.82, 2.24) is 14.9 Å². The molecule has 7 nitrogen and oxygen atoms in total. The molecule has 0 saturated heterocycles. The van der Waals surface area contributed by atoms with Crippen molar-refractivity contribution in [3.8, 4) is 17.0 Å². The molecule has 1 heterocycles. The molecule has 1 aliphatic rings. The third kappa shape index (κ3) is 6.97. The van der Waals surface area contributed by atoms with Crippen molar-refractivity contribution >= 4 is 17.5 Å². The number of carbonyl (C=O) groups is 1. The average molecular weight is 564 g/mol. The molecule has 1 aliphatic carbocycles. The fraction of sp³-hybridized carbons (Fsp3) is 0.343. The summed E-state index contributed by atoms with van der Waals surface area (Å²) in [5, 5.41) is 6.48. The number of carbonyl (C=O) groups excluding carboxylic acids is 1. The average Bonchev–Trinajstić information content (AvgIpc) is 3.00. The van der Waals surface area contributed by atoms with Gasteiger partial charge in [0.1, 0.15) is 5.75 Å². The minimum atomic E-state index is -0.0399. The molecule has 0 radical (unpaired) electrons. The van der Waals surface area contributed by atoms with Gasteiger partial charge in [0.15, 0.2) is 0 Å². The fourth-order valence-electron chi connectivity index (χ4n) is 5.69. The fourth-order valence-corrected chi connectivity index (χ4v) is 5.69. The van der Waals surface area contributed by atoms with Crippen LogP contribution in [0.5, 0.6) is 5.75 Å². The normalized spacial score (nSPS) is 13.8. The molecule has 1 amide bonds. The molecule has 4 aromatic rings. The molecule has 5 rings (SSSR count). The molecule has 0 bridgehead atoms. The molecule has 0 aliphatic heterocycles. The standard InChI is InChI=1S/C35H41N5O2/c1-5-24-14-17-29(42-4)20-26(24)22-33(41)38-28-15-12-25(13-16-28)32-21-27-23-37-35(36-18-8-9-19-40(2)3)39-34(27)31-11-7-6-10-30(31)32/h6-7,10-17,20,23,32H,5,8-9,18-19,21-22H2,1-4H3,(H,38,41)(H,36,37,39). The van der Waals surface area contributed by atoms with Gasteiger partial charge in [-0.25, -0.2) is 9.97 Å². The minimum absolute atomic E-state index is 0.0399. The van der Waals surface area contributed by atoms with Crippen molar-refractivity contribution in [2.75, 3.05) is 44.9 Å². The molecular formula is C35H41N5O2. The van der Waals surface area contributed by atoms with Gasteiger partial charge in [0.2, 0.25) is 11.9 Å². The predicted octanol–water partition coefficient (Wildman–Crippen LogP) is 6.34. The van der Waals surface area contributed by atoms with Crippen LogP contribution in [0.2, 0.25) is 0 Å². The van der Waals surface area contributed by atoms with E-state index in [1.165, 1.54) is 11.1 Å². The largest absolute Gasteiger partial charge is 0.497 e. The quantitative estimate of drug-likeness (QED) is 0.196. The van der Waals surface area contributed by atoms with Crippen LogP contribution in [0.1, 0.15) is 53.5 Å². The molecule has 1 atom stereocenters. The Balaban J connectivity index is 1.27. The third-order valence-corrected chi connectivity index (χ3v) is 7.94. The molecule has 1 aromatic heterocycles. The molecule has 0 fully saturated rings. The third-order valence-electron chi connectivity index (χ3n) is 7.94. The first-order valence-corrected chi connectivity index (χ1v) is 14.8. The van der Waals surface area contributed by atoms with Crippen LogP contribution < -0.4 is 15.4 Å². The summed E-state index contributed by atoms with van der Waals surface area (Å²) in [6, 6.07) is 22.7. The lowest BCUT2D eigenvalue weighted by atomic mass is 9.78. The van der Waals surface area contributed by atoms with E-state index in [-0.39, 0.29) is 11.8 Å². The lowest BCUT2D eigenvalue weighted by Gasteiger charge is -2.27. The summed E-state index contributed by atoms with van der Waals surface area (Å²) in [7, 11) is 5.85. The number of nitrogens with zero attached hydrogens (tertiary/aromatic N) is 3. The van der Waals surface area contributed by atoms with E-state index in [0.717, 1.165) is 78.2 Å². The van der Waals surface area contributed by atoms with E-state index >= 15 is 0 Å². The number of amides is 1. The highest BCUT2D eigenvalue weighted by Crippen LogP contribution is 2.42. The Labute approximate surface area is 249 Å². The zero-order chi connectivity index (χ0) is 29.5. The van der Waals surface area contributed by atoms with Gasteiger partial charge in [0, 0.05) is 29.9 Å².